The molecule has 2 heterocycles. The topological polar surface area (TPSA) is 80.5 Å². The van der Waals surface area contributed by atoms with Gasteiger partial charge in [0.1, 0.15) is 0 Å². The van der Waals surface area contributed by atoms with Crippen molar-refractivity contribution in [2.45, 2.75) is 24.5 Å². The highest BCUT2D eigenvalue weighted by atomic mass is 32.2. The molecule has 1 aliphatic rings. The first-order valence-electron chi connectivity index (χ1n) is 7.04. The second-order valence-electron chi connectivity index (χ2n) is 5.00. The third-order valence-electron chi connectivity index (χ3n) is 3.48. The summed E-state index contributed by atoms with van der Waals surface area (Å²) in [4.78, 5) is 13.2. The Morgan fingerprint density at radius 1 is 1.24 bits per heavy atom. The van der Waals surface area contributed by atoms with Gasteiger partial charge in [-0.15, -0.1) is 0 Å². The van der Waals surface area contributed by atoms with Gasteiger partial charge in [-0.3, -0.25) is 0 Å². The average Bonchev–Trinajstić information content (AvgIpc) is 3.07. The first kappa shape index (κ1) is 14.1. The van der Waals surface area contributed by atoms with E-state index in [1.54, 1.807) is 10.9 Å². The number of hydrogen-bond donors (Lipinski definition) is 2. The van der Waals surface area contributed by atoms with E-state index < -0.39 is 0 Å². The lowest BCUT2D eigenvalue weighted by Crippen LogP contribution is -2.20. The Labute approximate surface area is 128 Å². The number of hydrogen-bond acceptors (Lipinski definition) is 7. The van der Waals surface area contributed by atoms with Gasteiger partial charge in [-0.25, -0.2) is 4.68 Å². The van der Waals surface area contributed by atoms with Crippen LogP contribution >= 0.6 is 11.8 Å². The van der Waals surface area contributed by atoms with Crippen LogP contribution in [-0.2, 0) is 0 Å². The second kappa shape index (κ2) is 5.88. The first-order valence-corrected chi connectivity index (χ1v) is 8.26. The van der Waals surface area contributed by atoms with Crippen molar-refractivity contribution < 1.29 is 0 Å². The summed E-state index contributed by atoms with van der Waals surface area (Å²) in [7, 11) is 0. The van der Waals surface area contributed by atoms with Crippen molar-refractivity contribution >= 4 is 23.7 Å². The average molecular weight is 305 g/mol. The summed E-state index contributed by atoms with van der Waals surface area (Å²) < 4.78 is 1.99. The van der Waals surface area contributed by atoms with E-state index in [1.165, 1.54) is 12.8 Å². The van der Waals surface area contributed by atoms with Gasteiger partial charge in [0.25, 0.3) is 5.95 Å². The van der Waals surface area contributed by atoms with Crippen LogP contribution in [0.25, 0.3) is 5.95 Å². The summed E-state index contributed by atoms with van der Waals surface area (Å²) in [6.45, 7) is 3.65. The highest BCUT2D eigenvalue weighted by molar-refractivity contribution is 8.00. The van der Waals surface area contributed by atoms with Crippen molar-refractivity contribution in [3.05, 3.63) is 18.5 Å². The number of nitrogens with zero attached hydrogens (tertiary/aromatic N) is 5. The van der Waals surface area contributed by atoms with Crippen molar-refractivity contribution in [2.24, 2.45) is 0 Å². The molecule has 2 aromatic heterocycles. The molecule has 2 N–H and O–H groups in total. The Morgan fingerprint density at radius 3 is 2.57 bits per heavy atom. The molecule has 0 bridgehead atoms. The molecule has 21 heavy (non-hydrogen) atoms. The van der Waals surface area contributed by atoms with Gasteiger partial charge >= 0.3 is 0 Å². The first-order chi connectivity index (χ1) is 10.2. The molecule has 0 amide bonds. The lowest BCUT2D eigenvalue weighted by molar-refractivity contribution is 0.793. The quantitative estimate of drug-likeness (QED) is 0.807. The SMILES string of the molecule is CCNc1nc(NCC2(SC)CC2)nc(-n2cccn2)n1. The molecule has 1 aliphatic carbocycles. The summed E-state index contributed by atoms with van der Waals surface area (Å²) in [5.41, 5.74) is 0. The fraction of sp³-hybridized carbons (Fsp3) is 0.538. The minimum atomic E-state index is 0.358. The zero-order valence-corrected chi connectivity index (χ0v) is 13.0. The predicted molar refractivity (Wildman–Crippen MR) is 85.1 cm³/mol. The van der Waals surface area contributed by atoms with Crippen LogP contribution in [0.5, 0.6) is 0 Å². The van der Waals surface area contributed by atoms with Gasteiger partial charge in [-0.05, 0) is 32.1 Å². The molecular weight excluding hydrogens is 286 g/mol. The number of aromatic nitrogens is 5. The maximum Gasteiger partial charge on any atom is 0.257 e. The minimum Gasteiger partial charge on any atom is -0.354 e. The summed E-state index contributed by atoms with van der Waals surface area (Å²) in [6.07, 6.45) is 8.17. The molecule has 0 atom stereocenters. The van der Waals surface area contributed by atoms with E-state index in [-0.39, 0.29) is 0 Å². The van der Waals surface area contributed by atoms with E-state index in [0.29, 0.717) is 22.6 Å². The lowest BCUT2D eigenvalue weighted by atomic mass is 10.4. The maximum absolute atomic E-state index is 4.44. The molecule has 7 nitrogen and oxygen atoms in total. The maximum atomic E-state index is 4.44. The normalized spacial score (nSPS) is 15.7. The Balaban J connectivity index is 1.81. The minimum absolute atomic E-state index is 0.358. The molecule has 0 unspecified atom stereocenters. The Hall–Kier alpha value is -1.83. The third kappa shape index (κ3) is 3.26. The lowest BCUT2D eigenvalue weighted by Gasteiger charge is -2.14. The second-order valence-corrected chi connectivity index (χ2v) is 6.28. The zero-order chi connectivity index (χ0) is 14.7. The number of rotatable bonds is 7. The van der Waals surface area contributed by atoms with Crippen LogP contribution < -0.4 is 10.6 Å². The molecule has 112 valence electrons. The van der Waals surface area contributed by atoms with E-state index in [0.717, 1.165) is 13.1 Å². The Kier molecular flexibility index (Phi) is 3.96. The van der Waals surface area contributed by atoms with E-state index in [4.69, 9.17) is 0 Å². The monoisotopic (exact) mass is 305 g/mol. The Morgan fingerprint density at radius 2 is 2.00 bits per heavy atom. The van der Waals surface area contributed by atoms with Crippen molar-refractivity contribution in [3.63, 3.8) is 0 Å². The van der Waals surface area contributed by atoms with E-state index in [2.05, 4.69) is 36.9 Å². The molecule has 0 aliphatic heterocycles. The van der Waals surface area contributed by atoms with Gasteiger partial charge in [0.05, 0.1) is 0 Å². The molecule has 2 aromatic rings. The fourth-order valence-electron chi connectivity index (χ4n) is 2.00. The van der Waals surface area contributed by atoms with Crippen LogP contribution in [0, 0.1) is 0 Å². The van der Waals surface area contributed by atoms with Crippen molar-refractivity contribution in [3.8, 4) is 5.95 Å². The molecule has 0 radical (unpaired) electrons. The van der Waals surface area contributed by atoms with E-state index in [1.807, 2.05) is 30.9 Å². The standard InChI is InChI=1S/C13H19N7S/c1-3-14-10-17-11(15-9-13(21-2)5-6-13)19-12(18-10)20-8-4-7-16-20/h4,7-8H,3,5-6,9H2,1-2H3,(H2,14,15,17,18,19). The van der Waals surface area contributed by atoms with Crippen LogP contribution in [0.4, 0.5) is 11.9 Å². The van der Waals surface area contributed by atoms with Crippen molar-refractivity contribution in [1.82, 2.24) is 24.7 Å². The van der Waals surface area contributed by atoms with E-state index >= 15 is 0 Å². The molecule has 1 fully saturated rings. The number of anilines is 2. The molecule has 1 saturated carbocycles. The molecule has 3 rings (SSSR count). The zero-order valence-electron chi connectivity index (χ0n) is 12.2. The largest absolute Gasteiger partial charge is 0.354 e. The van der Waals surface area contributed by atoms with Crippen molar-refractivity contribution in [2.75, 3.05) is 30.0 Å². The molecule has 8 heteroatoms. The van der Waals surface area contributed by atoms with Gasteiger partial charge in [0.2, 0.25) is 11.9 Å². The molecular formula is C13H19N7S. The fourth-order valence-corrected chi connectivity index (χ4v) is 2.73. The Bertz CT molecular complexity index is 595. The van der Waals surface area contributed by atoms with Crippen LogP contribution in [0.1, 0.15) is 19.8 Å². The molecule has 0 spiro atoms. The smallest absolute Gasteiger partial charge is 0.257 e. The number of thioether (sulfide) groups is 1. The predicted octanol–water partition coefficient (Wildman–Crippen LogP) is 1.80. The summed E-state index contributed by atoms with van der Waals surface area (Å²) in [5, 5.41) is 10.6. The van der Waals surface area contributed by atoms with Gasteiger partial charge in [-0.1, -0.05) is 0 Å². The number of nitrogens with one attached hydrogen (secondary N) is 2. The summed E-state index contributed by atoms with van der Waals surface area (Å²) >= 11 is 1.91. The van der Waals surface area contributed by atoms with Gasteiger partial charge < -0.3 is 10.6 Å². The van der Waals surface area contributed by atoms with Crippen LogP contribution in [0.2, 0.25) is 0 Å². The van der Waals surface area contributed by atoms with Gasteiger partial charge in [0.15, 0.2) is 0 Å². The highest BCUT2D eigenvalue weighted by Gasteiger charge is 2.41. The van der Waals surface area contributed by atoms with Crippen LogP contribution in [0.15, 0.2) is 18.5 Å². The van der Waals surface area contributed by atoms with Gasteiger partial charge in [0, 0.05) is 30.2 Å². The molecule has 0 saturated heterocycles. The van der Waals surface area contributed by atoms with Crippen molar-refractivity contribution in [1.29, 1.82) is 0 Å². The highest BCUT2D eigenvalue weighted by Crippen LogP contribution is 2.46. The van der Waals surface area contributed by atoms with Crippen LogP contribution in [-0.4, -0.2) is 48.8 Å². The van der Waals surface area contributed by atoms with Crippen LogP contribution in [0.3, 0.4) is 0 Å². The van der Waals surface area contributed by atoms with E-state index in [9.17, 15) is 0 Å². The van der Waals surface area contributed by atoms with Gasteiger partial charge in [-0.2, -0.15) is 31.8 Å². The summed E-state index contributed by atoms with van der Waals surface area (Å²) in [6, 6.07) is 1.84. The third-order valence-corrected chi connectivity index (χ3v) is 4.90. The molecule has 0 aromatic carbocycles. The summed E-state index contributed by atoms with van der Waals surface area (Å²) in [5.74, 6) is 1.67.